The molecule has 0 amide bonds. The van der Waals surface area contributed by atoms with Gasteiger partial charge >= 0.3 is 0 Å². The van der Waals surface area contributed by atoms with Gasteiger partial charge in [0.25, 0.3) is 0 Å². The fourth-order valence-electron chi connectivity index (χ4n) is 2.79. The number of nitrogens with zero attached hydrogens (tertiary/aromatic N) is 3. The van der Waals surface area contributed by atoms with E-state index in [1.54, 1.807) is 7.11 Å². The van der Waals surface area contributed by atoms with E-state index in [-0.39, 0.29) is 6.61 Å². The normalized spacial score (nSPS) is 13.7. The van der Waals surface area contributed by atoms with Gasteiger partial charge in [0.1, 0.15) is 6.61 Å². The maximum absolute atomic E-state index is 9.37. The molecular formula is C15H19N3O2. The third kappa shape index (κ3) is 2.34. The maximum Gasteiger partial charge on any atom is 0.164 e. The van der Waals surface area contributed by atoms with Gasteiger partial charge in [-0.1, -0.05) is 12.1 Å². The standard InChI is InChI=1S/C15H19N3O2/c1-20-8-7-18-14(10-19)16-17-15(18)13-6-5-11-3-2-4-12(11)9-13/h5-6,9,19H,2-4,7-8,10H2,1H3. The van der Waals surface area contributed by atoms with Gasteiger partial charge in [-0.15, -0.1) is 10.2 Å². The Hall–Kier alpha value is -1.72. The van der Waals surface area contributed by atoms with Crippen LogP contribution in [0, 0.1) is 0 Å². The Labute approximate surface area is 118 Å². The molecule has 0 radical (unpaired) electrons. The second kappa shape index (κ2) is 5.73. The van der Waals surface area contributed by atoms with Gasteiger partial charge in [0, 0.05) is 19.2 Å². The maximum atomic E-state index is 9.37. The van der Waals surface area contributed by atoms with Crippen molar-refractivity contribution in [2.45, 2.75) is 32.4 Å². The molecule has 1 N–H and O–H groups in total. The Balaban J connectivity index is 1.98. The Bertz CT molecular complexity index is 607. The Morgan fingerprint density at radius 2 is 2.10 bits per heavy atom. The molecule has 0 fully saturated rings. The lowest BCUT2D eigenvalue weighted by Crippen LogP contribution is -2.10. The monoisotopic (exact) mass is 273 g/mol. The number of hydrogen-bond acceptors (Lipinski definition) is 4. The molecule has 3 rings (SSSR count). The van der Waals surface area contributed by atoms with E-state index in [1.807, 2.05) is 4.57 Å². The van der Waals surface area contributed by atoms with Crippen molar-refractivity contribution in [3.8, 4) is 11.4 Å². The van der Waals surface area contributed by atoms with Gasteiger partial charge < -0.3 is 14.4 Å². The van der Waals surface area contributed by atoms with Gasteiger partial charge in [0.15, 0.2) is 11.6 Å². The number of aliphatic hydroxyl groups is 1. The summed E-state index contributed by atoms with van der Waals surface area (Å²) in [5.41, 5.74) is 3.92. The number of aliphatic hydroxyl groups excluding tert-OH is 1. The van der Waals surface area contributed by atoms with Crippen LogP contribution in [0.4, 0.5) is 0 Å². The highest BCUT2D eigenvalue weighted by Crippen LogP contribution is 2.27. The third-order valence-electron chi connectivity index (χ3n) is 3.84. The van der Waals surface area contributed by atoms with Crippen LogP contribution in [0.2, 0.25) is 0 Å². The summed E-state index contributed by atoms with van der Waals surface area (Å²) in [5, 5.41) is 17.7. The van der Waals surface area contributed by atoms with Gasteiger partial charge in [-0.3, -0.25) is 0 Å². The number of ether oxygens (including phenoxy) is 1. The molecule has 0 unspecified atom stereocenters. The minimum Gasteiger partial charge on any atom is -0.388 e. The summed E-state index contributed by atoms with van der Waals surface area (Å²) >= 11 is 0. The van der Waals surface area contributed by atoms with E-state index >= 15 is 0 Å². The minimum absolute atomic E-state index is 0.109. The van der Waals surface area contributed by atoms with Crippen LogP contribution in [0.15, 0.2) is 18.2 Å². The SMILES string of the molecule is COCCn1c(CO)nnc1-c1ccc2c(c1)CCC2. The highest BCUT2D eigenvalue weighted by molar-refractivity contribution is 5.58. The van der Waals surface area contributed by atoms with E-state index in [4.69, 9.17) is 4.74 Å². The molecule has 20 heavy (non-hydrogen) atoms. The number of aryl methyl sites for hydroxylation is 2. The van der Waals surface area contributed by atoms with Gasteiger partial charge in [0.05, 0.1) is 6.61 Å². The molecule has 106 valence electrons. The predicted molar refractivity (Wildman–Crippen MR) is 75.3 cm³/mol. The van der Waals surface area contributed by atoms with Crippen LogP contribution < -0.4 is 0 Å². The van der Waals surface area contributed by atoms with E-state index in [1.165, 1.54) is 24.0 Å². The highest BCUT2D eigenvalue weighted by atomic mass is 16.5. The first-order valence-electron chi connectivity index (χ1n) is 6.97. The lowest BCUT2D eigenvalue weighted by Gasteiger charge is -2.10. The molecule has 1 aliphatic carbocycles. The Morgan fingerprint density at radius 3 is 2.90 bits per heavy atom. The molecule has 5 heteroatoms. The average Bonchev–Trinajstić information content (AvgIpc) is 3.10. The van der Waals surface area contributed by atoms with Crippen LogP contribution in [-0.2, 0) is 30.7 Å². The van der Waals surface area contributed by atoms with E-state index in [9.17, 15) is 5.11 Å². The molecule has 0 atom stereocenters. The quantitative estimate of drug-likeness (QED) is 0.898. The highest BCUT2D eigenvalue weighted by Gasteiger charge is 2.16. The van der Waals surface area contributed by atoms with E-state index in [0.717, 1.165) is 17.8 Å². The zero-order valence-corrected chi connectivity index (χ0v) is 11.7. The predicted octanol–water partition coefficient (Wildman–Crippen LogP) is 1.57. The molecule has 1 aromatic carbocycles. The first-order chi connectivity index (χ1) is 9.83. The van der Waals surface area contributed by atoms with Crippen LogP contribution in [0.25, 0.3) is 11.4 Å². The van der Waals surface area contributed by atoms with Crippen molar-refractivity contribution >= 4 is 0 Å². The number of benzene rings is 1. The molecule has 1 aliphatic rings. The van der Waals surface area contributed by atoms with Crippen LogP contribution in [0.5, 0.6) is 0 Å². The molecule has 2 aromatic rings. The van der Waals surface area contributed by atoms with Crippen LogP contribution in [0.1, 0.15) is 23.4 Å². The molecule has 1 aromatic heterocycles. The zero-order valence-electron chi connectivity index (χ0n) is 11.7. The number of hydrogen-bond donors (Lipinski definition) is 1. The number of methoxy groups -OCH3 is 1. The van der Waals surface area contributed by atoms with Gasteiger partial charge in [-0.2, -0.15) is 0 Å². The summed E-state index contributed by atoms with van der Waals surface area (Å²) in [6, 6.07) is 6.49. The lowest BCUT2D eigenvalue weighted by atomic mass is 10.1. The molecule has 1 heterocycles. The number of aromatic nitrogens is 3. The molecule has 0 aliphatic heterocycles. The van der Waals surface area contributed by atoms with Crippen LogP contribution in [-0.4, -0.2) is 33.6 Å². The minimum atomic E-state index is -0.109. The van der Waals surface area contributed by atoms with Crippen molar-refractivity contribution in [1.82, 2.24) is 14.8 Å². The van der Waals surface area contributed by atoms with Crippen molar-refractivity contribution in [2.24, 2.45) is 0 Å². The van der Waals surface area contributed by atoms with E-state index in [2.05, 4.69) is 28.4 Å². The van der Waals surface area contributed by atoms with Gasteiger partial charge in [-0.25, -0.2) is 0 Å². The summed E-state index contributed by atoms with van der Waals surface area (Å²) in [5.74, 6) is 1.39. The first-order valence-corrected chi connectivity index (χ1v) is 6.97. The van der Waals surface area contributed by atoms with E-state index < -0.39 is 0 Å². The molecule has 0 spiro atoms. The fourth-order valence-corrected chi connectivity index (χ4v) is 2.79. The smallest absolute Gasteiger partial charge is 0.164 e. The number of fused-ring (bicyclic) bond motifs is 1. The van der Waals surface area contributed by atoms with Crippen molar-refractivity contribution in [2.75, 3.05) is 13.7 Å². The van der Waals surface area contributed by atoms with E-state index in [0.29, 0.717) is 19.0 Å². The van der Waals surface area contributed by atoms with Crippen molar-refractivity contribution < 1.29 is 9.84 Å². The summed E-state index contributed by atoms with van der Waals surface area (Å²) in [6.45, 7) is 1.11. The third-order valence-corrected chi connectivity index (χ3v) is 3.84. The topological polar surface area (TPSA) is 60.2 Å². The average molecular weight is 273 g/mol. The summed E-state index contributed by atoms with van der Waals surface area (Å²) in [4.78, 5) is 0. The molecule has 0 saturated heterocycles. The zero-order chi connectivity index (χ0) is 13.9. The second-order valence-electron chi connectivity index (χ2n) is 5.08. The Morgan fingerprint density at radius 1 is 1.25 bits per heavy atom. The summed E-state index contributed by atoms with van der Waals surface area (Å²) < 4.78 is 7.05. The van der Waals surface area contributed by atoms with Crippen LogP contribution in [0.3, 0.4) is 0 Å². The second-order valence-corrected chi connectivity index (χ2v) is 5.08. The molecule has 0 bridgehead atoms. The first kappa shape index (κ1) is 13.3. The Kier molecular flexibility index (Phi) is 3.80. The van der Waals surface area contributed by atoms with Crippen molar-refractivity contribution in [3.05, 3.63) is 35.2 Å². The molecular weight excluding hydrogens is 254 g/mol. The lowest BCUT2D eigenvalue weighted by molar-refractivity contribution is 0.183. The molecule has 5 nitrogen and oxygen atoms in total. The van der Waals surface area contributed by atoms with Crippen molar-refractivity contribution in [3.63, 3.8) is 0 Å². The summed E-state index contributed by atoms with van der Waals surface area (Å²) in [6.07, 6.45) is 3.55. The number of rotatable bonds is 5. The van der Waals surface area contributed by atoms with Crippen LogP contribution >= 0.6 is 0 Å². The summed E-state index contributed by atoms with van der Waals surface area (Å²) in [7, 11) is 1.66. The molecule has 0 saturated carbocycles. The van der Waals surface area contributed by atoms with Gasteiger partial charge in [-0.05, 0) is 36.5 Å². The fraction of sp³-hybridized carbons (Fsp3) is 0.467. The van der Waals surface area contributed by atoms with Crippen molar-refractivity contribution in [1.29, 1.82) is 0 Å². The largest absolute Gasteiger partial charge is 0.388 e. The van der Waals surface area contributed by atoms with Gasteiger partial charge in [0.2, 0.25) is 0 Å².